The monoisotopic (exact) mass is 459 g/mol. The van der Waals surface area contributed by atoms with E-state index in [9.17, 15) is 14.7 Å². The molecule has 6 nitrogen and oxygen atoms in total. The lowest BCUT2D eigenvalue weighted by molar-refractivity contribution is -0.129. The fraction of sp³-hybridized carbons (Fsp3) is 0.217. The molecule has 1 amide bonds. The molecule has 2 heterocycles. The van der Waals surface area contributed by atoms with Crippen LogP contribution in [0.4, 0.5) is 0 Å². The molecule has 1 unspecified atom stereocenters. The number of hydrogen-bond acceptors (Lipinski definition) is 5. The maximum atomic E-state index is 13.4. The number of aliphatic hydroxyl groups excluding tert-OH is 1. The molecular weight excluding hydrogens is 441 g/mol. The predicted octanol–water partition coefficient (Wildman–Crippen LogP) is 5.35. The Kier molecular flexibility index (Phi) is 6.05. The van der Waals surface area contributed by atoms with E-state index in [1.54, 1.807) is 43.5 Å². The van der Waals surface area contributed by atoms with Gasteiger partial charge in [0, 0.05) is 25.6 Å². The molecular formula is C23H19Cl2NO5. The number of Topliss-reactive ketones (excluding diaryl/α,β-unsaturated/α-hetero) is 1. The quantitative estimate of drug-likeness (QED) is 0.380. The number of methoxy groups -OCH3 is 1. The van der Waals surface area contributed by atoms with E-state index in [1.165, 1.54) is 4.90 Å². The molecule has 0 saturated carbocycles. The van der Waals surface area contributed by atoms with Crippen LogP contribution in [0, 0.1) is 0 Å². The lowest BCUT2D eigenvalue weighted by Crippen LogP contribution is -2.32. The summed E-state index contributed by atoms with van der Waals surface area (Å²) in [5, 5.41) is 12.1. The van der Waals surface area contributed by atoms with Crippen molar-refractivity contribution in [3.63, 3.8) is 0 Å². The van der Waals surface area contributed by atoms with Crippen LogP contribution in [0.2, 0.25) is 10.0 Å². The van der Waals surface area contributed by atoms with Crippen molar-refractivity contribution in [2.45, 2.75) is 12.5 Å². The second-order valence-electron chi connectivity index (χ2n) is 7.16. The van der Waals surface area contributed by atoms with Gasteiger partial charge in [-0.1, -0.05) is 47.5 Å². The SMILES string of the molecule is COCCCN1C(=O)C(O)=C(C(=O)c2cc3ccccc3o2)C1c1ccc(Cl)c(Cl)c1. The zero-order chi connectivity index (χ0) is 22.1. The summed E-state index contributed by atoms with van der Waals surface area (Å²) in [4.78, 5) is 27.7. The summed E-state index contributed by atoms with van der Waals surface area (Å²) in [7, 11) is 1.56. The Labute approximate surface area is 188 Å². The summed E-state index contributed by atoms with van der Waals surface area (Å²) in [6.07, 6.45) is 0.527. The molecule has 1 aliphatic heterocycles. The third kappa shape index (κ3) is 3.94. The molecule has 4 rings (SSSR count). The van der Waals surface area contributed by atoms with E-state index in [0.717, 1.165) is 5.39 Å². The van der Waals surface area contributed by atoms with Crippen LogP contribution in [0.25, 0.3) is 11.0 Å². The van der Waals surface area contributed by atoms with Gasteiger partial charge in [-0.05, 0) is 36.2 Å². The van der Waals surface area contributed by atoms with Gasteiger partial charge in [0.1, 0.15) is 5.58 Å². The molecule has 8 heteroatoms. The van der Waals surface area contributed by atoms with Crippen molar-refractivity contribution < 1.29 is 23.8 Å². The van der Waals surface area contributed by atoms with Gasteiger partial charge < -0.3 is 19.2 Å². The van der Waals surface area contributed by atoms with E-state index in [-0.39, 0.29) is 22.9 Å². The highest BCUT2D eigenvalue weighted by molar-refractivity contribution is 6.42. The van der Waals surface area contributed by atoms with Gasteiger partial charge in [-0.3, -0.25) is 9.59 Å². The number of furan rings is 1. The van der Waals surface area contributed by atoms with Crippen LogP contribution in [0.5, 0.6) is 0 Å². The molecule has 31 heavy (non-hydrogen) atoms. The van der Waals surface area contributed by atoms with Crippen molar-refractivity contribution in [1.82, 2.24) is 4.90 Å². The third-order valence-electron chi connectivity index (χ3n) is 5.20. The largest absolute Gasteiger partial charge is 0.503 e. The number of para-hydroxylation sites is 1. The minimum absolute atomic E-state index is 0.0411. The highest BCUT2D eigenvalue weighted by Gasteiger charge is 2.44. The summed E-state index contributed by atoms with van der Waals surface area (Å²) < 4.78 is 10.8. The van der Waals surface area contributed by atoms with Gasteiger partial charge in [-0.15, -0.1) is 0 Å². The van der Waals surface area contributed by atoms with Crippen LogP contribution in [0.15, 0.2) is 64.3 Å². The van der Waals surface area contributed by atoms with E-state index >= 15 is 0 Å². The van der Waals surface area contributed by atoms with Crippen molar-refractivity contribution >= 4 is 45.9 Å². The number of benzene rings is 2. The molecule has 1 aliphatic rings. The van der Waals surface area contributed by atoms with E-state index in [4.69, 9.17) is 32.4 Å². The van der Waals surface area contributed by atoms with Crippen molar-refractivity contribution in [3.05, 3.63) is 81.2 Å². The highest BCUT2D eigenvalue weighted by Crippen LogP contribution is 2.41. The summed E-state index contributed by atoms with van der Waals surface area (Å²) >= 11 is 12.3. The minimum Gasteiger partial charge on any atom is -0.503 e. The van der Waals surface area contributed by atoms with Crippen LogP contribution in [0.1, 0.15) is 28.6 Å². The first-order valence-corrected chi connectivity index (χ1v) is 10.4. The number of rotatable bonds is 7. The van der Waals surface area contributed by atoms with Gasteiger partial charge in [-0.25, -0.2) is 0 Å². The van der Waals surface area contributed by atoms with Gasteiger partial charge in [0.2, 0.25) is 5.78 Å². The Morgan fingerprint density at radius 1 is 1.16 bits per heavy atom. The highest BCUT2D eigenvalue weighted by atomic mass is 35.5. The lowest BCUT2D eigenvalue weighted by atomic mass is 9.95. The molecule has 0 saturated heterocycles. The van der Waals surface area contributed by atoms with Crippen LogP contribution in [-0.4, -0.2) is 42.0 Å². The maximum absolute atomic E-state index is 13.4. The van der Waals surface area contributed by atoms with Crippen LogP contribution >= 0.6 is 23.2 Å². The lowest BCUT2D eigenvalue weighted by Gasteiger charge is -2.26. The zero-order valence-electron chi connectivity index (χ0n) is 16.6. The molecule has 2 aromatic carbocycles. The number of ether oxygens (including phenoxy) is 1. The Balaban J connectivity index is 1.79. The van der Waals surface area contributed by atoms with E-state index < -0.39 is 23.5 Å². The molecule has 3 aromatic rings. The van der Waals surface area contributed by atoms with Crippen molar-refractivity contribution in [2.75, 3.05) is 20.3 Å². The van der Waals surface area contributed by atoms with Gasteiger partial charge in [0.15, 0.2) is 11.5 Å². The van der Waals surface area contributed by atoms with Crippen LogP contribution < -0.4 is 0 Å². The first-order valence-electron chi connectivity index (χ1n) is 9.63. The molecule has 1 N–H and O–H groups in total. The summed E-state index contributed by atoms with van der Waals surface area (Å²) in [6.45, 7) is 0.698. The first-order chi connectivity index (χ1) is 14.9. The van der Waals surface area contributed by atoms with E-state index in [1.807, 2.05) is 12.1 Å². The molecule has 0 radical (unpaired) electrons. The van der Waals surface area contributed by atoms with E-state index in [2.05, 4.69) is 0 Å². The first kappa shape index (κ1) is 21.4. The third-order valence-corrected chi connectivity index (χ3v) is 5.94. The Morgan fingerprint density at radius 2 is 1.94 bits per heavy atom. The topological polar surface area (TPSA) is 80.0 Å². The van der Waals surface area contributed by atoms with Gasteiger partial charge in [0.25, 0.3) is 5.91 Å². The standard InChI is InChI=1S/C23H19Cl2NO5/c1-30-10-4-9-26-20(14-7-8-15(24)16(25)11-14)19(22(28)23(26)29)21(27)18-12-13-5-2-3-6-17(13)31-18/h2-3,5-8,11-12,20,28H,4,9-10H2,1H3. The second-order valence-corrected chi connectivity index (χ2v) is 7.98. The predicted molar refractivity (Wildman–Crippen MR) is 118 cm³/mol. The number of amides is 1. The molecule has 0 spiro atoms. The van der Waals surface area contributed by atoms with Crippen molar-refractivity contribution in [3.8, 4) is 0 Å². The number of hydrogen-bond donors (Lipinski definition) is 1. The van der Waals surface area contributed by atoms with Gasteiger partial charge >= 0.3 is 0 Å². The van der Waals surface area contributed by atoms with Gasteiger partial charge in [0.05, 0.1) is 21.7 Å². The van der Waals surface area contributed by atoms with Crippen LogP contribution in [0.3, 0.4) is 0 Å². The normalized spacial score (nSPS) is 16.5. The Hall–Kier alpha value is -2.80. The van der Waals surface area contributed by atoms with E-state index in [0.29, 0.717) is 29.2 Å². The molecule has 0 aliphatic carbocycles. The fourth-order valence-electron chi connectivity index (χ4n) is 3.75. The molecule has 160 valence electrons. The number of nitrogens with zero attached hydrogens (tertiary/aromatic N) is 1. The molecule has 1 atom stereocenters. The van der Waals surface area contributed by atoms with Crippen molar-refractivity contribution in [2.24, 2.45) is 0 Å². The average Bonchev–Trinajstić information content (AvgIpc) is 3.30. The molecule has 0 bridgehead atoms. The Bertz CT molecular complexity index is 1170. The smallest absolute Gasteiger partial charge is 0.290 e. The number of aliphatic hydroxyl groups is 1. The number of halogens is 2. The number of ketones is 1. The molecule has 0 fully saturated rings. The van der Waals surface area contributed by atoms with Gasteiger partial charge in [-0.2, -0.15) is 0 Å². The number of carbonyl (C=O) groups excluding carboxylic acids is 2. The fourth-order valence-corrected chi connectivity index (χ4v) is 4.06. The van der Waals surface area contributed by atoms with Crippen LogP contribution in [-0.2, 0) is 9.53 Å². The maximum Gasteiger partial charge on any atom is 0.290 e. The Morgan fingerprint density at radius 3 is 2.65 bits per heavy atom. The number of fused-ring (bicyclic) bond motifs is 1. The zero-order valence-corrected chi connectivity index (χ0v) is 18.1. The molecule has 1 aromatic heterocycles. The van der Waals surface area contributed by atoms with Crippen molar-refractivity contribution in [1.29, 1.82) is 0 Å². The number of carbonyl (C=O) groups is 2. The minimum atomic E-state index is -0.833. The summed E-state index contributed by atoms with van der Waals surface area (Å²) in [5.74, 6) is -1.75. The average molecular weight is 460 g/mol. The summed E-state index contributed by atoms with van der Waals surface area (Å²) in [5.41, 5.74) is 1.04. The second kappa shape index (κ2) is 8.75. The summed E-state index contributed by atoms with van der Waals surface area (Å²) in [6, 6.07) is 12.8.